The maximum Gasteiger partial charge on any atom is 0.414 e. The third-order valence-electron chi connectivity index (χ3n) is 3.66. The van der Waals surface area contributed by atoms with Crippen LogP contribution in [0.15, 0.2) is 18.2 Å². The third kappa shape index (κ3) is 3.17. The first-order chi connectivity index (χ1) is 10.8. The van der Waals surface area contributed by atoms with Gasteiger partial charge in [0.05, 0.1) is 24.1 Å². The predicted octanol–water partition coefficient (Wildman–Crippen LogP) is 2.92. The highest BCUT2D eigenvalue weighted by Gasteiger charge is 2.28. The molecule has 0 saturated carbocycles. The number of rotatable bonds is 3. The first-order valence-corrected chi connectivity index (χ1v) is 7.12. The number of hydrogen-bond acceptors (Lipinski definition) is 4. The number of aromatic nitrogens is 2. The van der Waals surface area contributed by atoms with Gasteiger partial charge >= 0.3 is 12.3 Å². The fraction of sp³-hybridized carbons (Fsp3) is 0.429. The molecule has 1 saturated heterocycles. The van der Waals surface area contributed by atoms with Gasteiger partial charge in [-0.05, 0) is 24.6 Å². The quantitative estimate of drug-likeness (QED) is 0.940. The molecule has 3 rings (SSSR count). The Bertz CT molecular complexity index is 741. The van der Waals surface area contributed by atoms with Crippen LogP contribution in [0.2, 0.25) is 0 Å². The van der Waals surface area contributed by atoms with Gasteiger partial charge in [-0.2, -0.15) is 13.2 Å². The number of ether oxygens (including phenoxy) is 1. The largest absolute Gasteiger partial charge is 0.449 e. The zero-order chi connectivity index (χ0) is 16.6. The SMILES string of the molecule is Nc1nc2cc(N3CCCOC3=O)ccc2n1CCC(F)(F)F. The van der Waals surface area contributed by atoms with Gasteiger partial charge in [0.1, 0.15) is 0 Å². The number of halogens is 3. The second kappa shape index (κ2) is 5.64. The number of nitrogens with two attached hydrogens (primary N) is 1. The van der Waals surface area contributed by atoms with Crippen molar-refractivity contribution in [3.8, 4) is 0 Å². The molecule has 2 N–H and O–H groups in total. The highest BCUT2D eigenvalue weighted by molar-refractivity contribution is 5.92. The van der Waals surface area contributed by atoms with Crippen LogP contribution in [0, 0.1) is 0 Å². The number of amides is 1. The summed E-state index contributed by atoms with van der Waals surface area (Å²) in [6.07, 6.45) is -4.98. The second-order valence-corrected chi connectivity index (χ2v) is 5.28. The van der Waals surface area contributed by atoms with E-state index in [2.05, 4.69) is 4.98 Å². The number of nitrogens with zero attached hydrogens (tertiary/aromatic N) is 3. The molecule has 1 amide bonds. The fourth-order valence-corrected chi connectivity index (χ4v) is 2.56. The molecule has 1 aromatic carbocycles. The maximum absolute atomic E-state index is 12.4. The number of carbonyl (C=O) groups excluding carboxylic acids is 1. The summed E-state index contributed by atoms with van der Waals surface area (Å²) in [4.78, 5) is 17.3. The average molecular weight is 328 g/mol. The molecule has 2 aromatic rings. The number of benzene rings is 1. The summed E-state index contributed by atoms with van der Waals surface area (Å²) in [6.45, 7) is 0.613. The average Bonchev–Trinajstić information content (AvgIpc) is 2.79. The van der Waals surface area contributed by atoms with Crippen LogP contribution in [0.1, 0.15) is 12.8 Å². The lowest BCUT2D eigenvalue weighted by molar-refractivity contribution is -0.136. The monoisotopic (exact) mass is 328 g/mol. The van der Waals surface area contributed by atoms with Crippen molar-refractivity contribution < 1.29 is 22.7 Å². The first kappa shape index (κ1) is 15.4. The Labute approximate surface area is 129 Å². The van der Waals surface area contributed by atoms with E-state index in [-0.39, 0.29) is 12.5 Å². The lowest BCUT2D eigenvalue weighted by atomic mass is 10.2. The summed E-state index contributed by atoms with van der Waals surface area (Å²) in [5, 5.41) is 0. The van der Waals surface area contributed by atoms with Crippen LogP contribution in [-0.2, 0) is 11.3 Å². The van der Waals surface area contributed by atoms with E-state index in [9.17, 15) is 18.0 Å². The van der Waals surface area contributed by atoms with Crippen LogP contribution < -0.4 is 10.6 Å². The zero-order valence-corrected chi connectivity index (χ0v) is 12.1. The molecule has 23 heavy (non-hydrogen) atoms. The molecule has 0 spiro atoms. The molecule has 2 heterocycles. The van der Waals surface area contributed by atoms with Crippen molar-refractivity contribution in [2.24, 2.45) is 0 Å². The van der Waals surface area contributed by atoms with Gasteiger partial charge in [-0.15, -0.1) is 0 Å². The number of anilines is 2. The minimum absolute atomic E-state index is 0.0163. The Morgan fingerprint density at radius 2 is 2.13 bits per heavy atom. The molecule has 0 unspecified atom stereocenters. The Morgan fingerprint density at radius 1 is 1.35 bits per heavy atom. The van der Waals surface area contributed by atoms with Crippen molar-refractivity contribution in [3.63, 3.8) is 0 Å². The molecule has 0 radical (unpaired) electrons. The van der Waals surface area contributed by atoms with Crippen LogP contribution in [0.4, 0.5) is 29.6 Å². The molecule has 0 aliphatic carbocycles. The van der Waals surface area contributed by atoms with E-state index in [1.54, 1.807) is 18.2 Å². The molecular formula is C14H15F3N4O2. The van der Waals surface area contributed by atoms with Gasteiger partial charge < -0.3 is 15.0 Å². The Balaban J connectivity index is 1.91. The van der Waals surface area contributed by atoms with Gasteiger partial charge in [-0.1, -0.05) is 0 Å². The van der Waals surface area contributed by atoms with Gasteiger partial charge in [-0.3, -0.25) is 4.90 Å². The van der Waals surface area contributed by atoms with Crippen molar-refractivity contribution in [1.29, 1.82) is 0 Å². The van der Waals surface area contributed by atoms with E-state index in [1.807, 2.05) is 0 Å². The van der Waals surface area contributed by atoms with Crippen molar-refractivity contribution in [2.75, 3.05) is 23.8 Å². The summed E-state index contributed by atoms with van der Waals surface area (Å²) in [7, 11) is 0. The van der Waals surface area contributed by atoms with E-state index in [0.717, 1.165) is 0 Å². The predicted molar refractivity (Wildman–Crippen MR) is 78.1 cm³/mol. The van der Waals surface area contributed by atoms with E-state index in [4.69, 9.17) is 10.5 Å². The highest BCUT2D eigenvalue weighted by Crippen LogP contribution is 2.28. The Kier molecular flexibility index (Phi) is 3.78. The van der Waals surface area contributed by atoms with Gasteiger partial charge in [-0.25, -0.2) is 9.78 Å². The molecule has 9 heteroatoms. The maximum atomic E-state index is 12.4. The molecule has 1 aromatic heterocycles. The number of carbonyl (C=O) groups is 1. The minimum Gasteiger partial charge on any atom is -0.449 e. The molecular weight excluding hydrogens is 313 g/mol. The van der Waals surface area contributed by atoms with Crippen LogP contribution >= 0.6 is 0 Å². The van der Waals surface area contributed by atoms with E-state index < -0.39 is 18.7 Å². The van der Waals surface area contributed by atoms with Crippen LogP contribution in [0.3, 0.4) is 0 Å². The zero-order valence-electron chi connectivity index (χ0n) is 12.1. The molecule has 1 aliphatic rings. The van der Waals surface area contributed by atoms with Gasteiger partial charge in [0.15, 0.2) is 0 Å². The molecule has 0 bridgehead atoms. The molecule has 1 aliphatic heterocycles. The van der Waals surface area contributed by atoms with E-state index in [0.29, 0.717) is 36.3 Å². The van der Waals surface area contributed by atoms with Crippen molar-refractivity contribution in [3.05, 3.63) is 18.2 Å². The summed E-state index contributed by atoms with van der Waals surface area (Å²) < 4.78 is 43.5. The summed E-state index contributed by atoms with van der Waals surface area (Å²) in [5.74, 6) is 0.0163. The van der Waals surface area contributed by atoms with Crippen LogP contribution in [-0.4, -0.2) is 35.0 Å². The number of fused-ring (bicyclic) bond motifs is 1. The van der Waals surface area contributed by atoms with E-state index >= 15 is 0 Å². The van der Waals surface area contributed by atoms with Gasteiger partial charge in [0.25, 0.3) is 0 Å². The number of nitrogen functional groups attached to an aromatic ring is 1. The summed E-state index contributed by atoms with van der Waals surface area (Å²) in [5.41, 5.74) is 7.25. The number of imidazole rings is 1. The smallest absolute Gasteiger partial charge is 0.414 e. The molecule has 0 atom stereocenters. The fourth-order valence-electron chi connectivity index (χ4n) is 2.56. The number of aryl methyl sites for hydroxylation is 1. The first-order valence-electron chi connectivity index (χ1n) is 7.12. The normalized spacial score (nSPS) is 16.0. The van der Waals surface area contributed by atoms with Crippen molar-refractivity contribution >= 4 is 28.8 Å². The second-order valence-electron chi connectivity index (χ2n) is 5.28. The topological polar surface area (TPSA) is 73.4 Å². The van der Waals surface area contributed by atoms with Crippen molar-refractivity contribution in [2.45, 2.75) is 25.6 Å². The lowest BCUT2D eigenvalue weighted by Gasteiger charge is -2.26. The minimum atomic E-state index is -4.26. The number of hydrogen-bond donors (Lipinski definition) is 1. The number of cyclic esters (lactones) is 1. The van der Waals surface area contributed by atoms with Gasteiger partial charge in [0, 0.05) is 18.8 Å². The summed E-state index contributed by atoms with van der Waals surface area (Å²) in [6, 6.07) is 4.90. The van der Waals surface area contributed by atoms with Crippen LogP contribution in [0.5, 0.6) is 0 Å². The van der Waals surface area contributed by atoms with Crippen molar-refractivity contribution in [1.82, 2.24) is 9.55 Å². The molecule has 1 fully saturated rings. The van der Waals surface area contributed by atoms with E-state index in [1.165, 1.54) is 9.47 Å². The lowest BCUT2D eigenvalue weighted by Crippen LogP contribution is -2.37. The Hall–Kier alpha value is -2.45. The number of alkyl halides is 3. The molecule has 124 valence electrons. The highest BCUT2D eigenvalue weighted by atomic mass is 19.4. The van der Waals surface area contributed by atoms with Crippen LogP contribution in [0.25, 0.3) is 11.0 Å². The third-order valence-corrected chi connectivity index (χ3v) is 3.66. The standard InChI is InChI=1S/C14H15F3N4O2/c15-14(16,17)4-6-21-11-3-2-9(8-10(11)19-12(21)18)20-5-1-7-23-13(20)22/h2-3,8H,1,4-7H2,(H2,18,19). The Morgan fingerprint density at radius 3 is 2.83 bits per heavy atom. The van der Waals surface area contributed by atoms with Gasteiger partial charge in [0.2, 0.25) is 5.95 Å². The molecule has 6 nitrogen and oxygen atoms in total. The summed E-state index contributed by atoms with van der Waals surface area (Å²) >= 11 is 0.